The molecule has 1 aliphatic carbocycles. The fourth-order valence-electron chi connectivity index (χ4n) is 3.09. The van der Waals surface area contributed by atoms with E-state index >= 15 is 0 Å². The third-order valence-corrected chi connectivity index (χ3v) is 4.92. The molecule has 1 rings (SSSR count). The van der Waals surface area contributed by atoms with E-state index in [9.17, 15) is 0 Å². The molecule has 4 unspecified atom stereocenters. The van der Waals surface area contributed by atoms with Gasteiger partial charge in [0.25, 0.3) is 0 Å². The van der Waals surface area contributed by atoms with Crippen molar-refractivity contribution in [2.75, 3.05) is 19.6 Å². The maximum Gasteiger partial charge on any atom is 0.00794 e. The standard InChI is InChI=1S/C15H32N2/c1-5-17(6-2)10-9-15(16)14-8-7-12(3)13(4)11-14/h12-15H,5-11,16H2,1-4H3. The number of rotatable bonds is 6. The lowest BCUT2D eigenvalue weighted by Crippen LogP contribution is -2.38. The zero-order chi connectivity index (χ0) is 12.8. The third kappa shape index (κ3) is 4.59. The molecule has 2 heteroatoms. The van der Waals surface area contributed by atoms with Crippen molar-refractivity contribution >= 4 is 0 Å². The minimum Gasteiger partial charge on any atom is -0.327 e. The molecule has 0 amide bonds. The van der Waals surface area contributed by atoms with Crippen molar-refractivity contribution < 1.29 is 0 Å². The molecule has 0 bridgehead atoms. The zero-order valence-corrected chi connectivity index (χ0v) is 12.3. The summed E-state index contributed by atoms with van der Waals surface area (Å²) >= 11 is 0. The summed E-state index contributed by atoms with van der Waals surface area (Å²) in [4.78, 5) is 2.48. The molecule has 0 aliphatic heterocycles. The molecule has 0 heterocycles. The monoisotopic (exact) mass is 240 g/mol. The predicted molar refractivity (Wildman–Crippen MR) is 76.0 cm³/mol. The predicted octanol–water partition coefficient (Wildman–Crippen LogP) is 3.12. The molecule has 0 aromatic heterocycles. The van der Waals surface area contributed by atoms with Gasteiger partial charge in [-0.1, -0.05) is 34.1 Å². The minimum absolute atomic E-state index is 0.422. The van der Waals surface area contributed by atoms with E-state index in [-0.39, 0.29) is 0 Å². The van der Waals surface area contributed by atoms with Crippen molar-refractivity contribution in [1.29, 1.82) is 0 Å². The summed E-state index contributed by atoms with van der Waals surface area (Å²) in [5.41, 5.74) is 6.39. The van der Waals surface area contributed by atoms with Gasteiger partial charge < -0.3 is 10.6 Å². The lowest BCUT2D eigenvalue weighted by atomic mass is 9.73. The summed E-state index contributed by atoms with van der Waals surface area (Å²) in [5.74, 6) is 2.55. The lowest BCUT2D eigenvalue weighted by molar-refractivity contribution is 0.173. The van der Waals surface area contributed by atoms with Crippen LogP contribution in [0.2, 0.25) is 0 Å². The van der Waals surface area contributed by atoms with E-state index in [4.69, 9.17) is 5.73 Å². The van der Waals surface area contributed by atoms with E-state index in [2.05, 4.69) is 32.6 Å². The van der Waals surface area contributed by atoms with Gasteiger partial charge in [0.1, 0.15) is 0 Å². The third-order valence-electron chi connectivity index (χ3n) is 4.92. The average Bonchev–Trinajstić information content (AvgIpc) is 2.33. The zero-order valence-electron chi connectivity index (χ0n) is 12.3. The summed E-state index contributed by atoms with van der Waals surface area (Å²) in [5, 5.41) is 0. The van der Waals surface area contributed by atoms with Crippen molar-refractivity contribution in [2.24, 2.45) is 23.5 Å². The van der Waals surface area contributed by atoms with Gasteiger partial charge in [-0.2, -0.15) is 0 Å². The van der Waals surface area contributed by atoms with Crippen LogP contribution < -0.4 is 5.73 Å². The summed E-state index contributed by atoms with van der Waals surface area (Å²) in [6, 6.07) is 0.422. The molecule has 2 nitrogen and oxygen atoms in total. The maximum absolute atomic E-state index is 6.39. The molecule has 2 N–H and O–H groups in total. The van der Waals surface area contributed by atoms with Crippen LogP contribution in [0.4, 0.5) is 0 Å². The summed E-state index contributed by atoms with van der Waals surface area (Å²) < 4.78 is 0. The van der Waals surface area contributed by atoms with Crippen molar-refractivity contribution in [3.8, 4) is 0 Å². The Labute approximate surface area is 108 Å². The van der Waals surface area contributed by atoms with Gasteiger partial charge in [0.15, 0.2) is 0 Å². The van der Waals surface area contributed by atoms with Gasteiger partial charge in [-0.3, -0.25) is 0 Å². The van der Waals surface area contributed by atoms with Crippen LogP contribution in [0.15, 0.2) is 0 Å². The second-order valence-electron chi connectivity index (χ2n) is 6.01. The molecule has 0 radical (unpaired) electrons. The van der Waals surface area contributed by atoms with Gasteiger partial charge in [0.05, 0.1) is 0 Å². The Balaban J connectivity index is 2.30. The number of hydrogen-bond acceptors (Lipinski definition) is 2. The van der Waals surface area contributed by atoms with Crippen LogP contribution in [-0.4, -0.2) is 30.6 Å². The molecule has 0 saturated heterocycles. The van der Waals surface area contributed by atoms with Crippen LogP contribution in [0.3, 0.4) is 0 Å². The summed E-state index contributed by atoms with van der Waals surface area (Å²) in [6.45, 7) is 12.7. The normalized spacial score (nSPS) is 31.8. The Morgan fingerprint density at radius 1 is 1.12 bits per heavy atom. The highest BCUT2D eigenvalue weighted by molar-refractivity contribution is 4.82. The highest BCUT2D eigenvalue weighted by atomic mass is 15.1. The second-order valence-corrected chi connectivity index (χ2v) is 6.01. The molecular formula is C15H32N2. The Morgan fingerprint density at radius 2 is 1.76 bits per heavy atom. The molecule has 0 spiro atoms. The number of nitrogens with zero attached hydrogens (tertiary/aromatic N) is 1. The fourth-order valence-corrected chi connectivity index (χ4v) is 3.09. The summed E-state index contributed by atoms with van der Waals surface area (Å²) in [6.07, 6.45) is 5.25. The molecule has 0 aromatic carbocycles. The lowest BCUT2D eigenvalue weighted by Gasteiger charge is -2.35. The molecule has 1 aliphatic rings. The summed E-state index contributed by atoms with van der Waals surface area (Å²) in [7, 11) is 0. The topological polar surface area (TPSA) is 29.3 Å². The molecule has 4 atom stereocenters. The first-order valence-electron chi connectivity index (χ1n) is 7.56. The van der Waals surface area contributed by atoms with Gasteiger partial charge in [0.2, 0.25) is 0 Å². The Bertz CT molecular complexity index is 201. The first-order valence-corrected chi connectivity index (χ1v) is 7.56. The van der Waals surface area contributed by atoms with Crippen molar-refractivity contribution in [3.05, 3.63) is 0 Å². The molecule has 0 aromatic rings. The van der Waals surface area contributed by atoms with Crippen molar-refractivity contribution in [1.82, 2.24) is 4.90 Å². The maximum atomic E-state index is 6.39. The van der Waals surface area contributed by atoms with Crippen molar-refractivity contribution in [2.45, 2.75) is 59.4 Å². The molecule has 1 fully saturated rings. The van der Waals surface area contributed by atoms with E-state index in [0.717, 1.165) is 30.8 Å². The van der Waals surface area contributed by atoms with Crippen LogP contribution in [0, 0.1) is 17.8 Å². The van der Waals surface area contributed by atoms with Crippen LogP contribution in [0.25, 0.3) is 0 Å². The quantitative estimate of drug-likeness (QED) is 0.773. The molecule has 1 saturated carbocycles. The smallest absolute Gasteiger partial charge is 0.00794 e. The van der Waals surface area contributed by atoms with Gasteiger partial charge >= 0.3 is 0 Å². The Morgan fingerprint density at radius 3 is 2.29 bits per heavy atom. The largest absolute Gasteiger partial charge is 0.327 e. The van der Waals surface area contributed by atoms with Gasteiger partial charge in [-0.25, -0.2) is 0 Å². The van der Waals surface area contributed by atoms with Gasteiger partial charge in [-0.15, -0.1) is 0 Å². The first kappa shape index (κ1) is 15.0. The molecule has 17 heavy (non-hydrogen) atoms. The number of nitrogens with two attached hydrogens (primary N) is 1. The van der Waals surface area contributed by atoms with E-state index in [1.807, 2.05) is 0 Å². The second kappa shape index (κ2) is 7.38. The van der Waals surface area contributed by atoms with Crippen LogP contribution in [0.1, 0.15) is 53.4 Å². The van der Waals surface area contributed by atoms with Crippen LogP contribution in [0.5, 0.6) is 0 Å². The van der Waals surface area contributed by atoms with E-state index in [0.29, 0.717) is 6.04 Å². The van der Waals surface area contributed by atoms with Crippen LogP contribution in [-0.2, 0) is 0 Å². The average molecular weight is 240 g/mol. The van der Waals surface area contributed by atoms with Gasteiger partial charge in [-0.05, 0) is 56.7 Å². The highest BCUT2D eigenvalue weighted by Crippen LogP contribution is 2.35. The first-order chi connectivity index (χ1) is 8.08. The van der Waals surface area contributed by atoms with Gasteiger partial charge in [0, 0.05) is 6.04 Å². The molecular weight excluding hydrogens is 208 g/mol. The van der Waals surface area contributed by atoms with E-state index in [1.54, 1.807) is 0 Å². The van der Waals surface area contributed by atoms with Crippen LogP contribution >= 0.6 is 0 Å². The fraction of sp³-hybridized carbons (Fsp3) is 1.00. The highest BCUT2D eigenvalue weighted by Gasteiger charge is 2.28. The van der Waals surface area contributed by atoms with Crippen molar-refractivity contribution in [3.63, 3.8) is 0 Å². The Kier molecular flexibility index (Phi) is 6.50. The minimum atomic E-state index is 0.422. The van der Waals surface area contributed by atoms with E-state index < -0.39 is 0 Å². The Hall–Kier alpha value is -0.0800. The van der Waals surface area contributed by atoms with E-state index in [1.165, 1.54) is 32.2 Å². The SMILES string of the molecule is CCN(CC)CCC(N)C1CCC(C)C(C)C1. The molecule has 102 valence electrons. The number of hydrogen-bond donors (Lipinski definition) is 1.